The molecule has 1 aromatic rings. The molecule has 1 saturated heterocycles. The van der Waals surface area contributed by atoms with E-state index >= 15 is 0 Å². The van der Waals surface area contributed by atoms with Gasteiger partial charge in [0.2, 0.25) is 5.75 Å². The van der Waals surface area contributed by atoms with Crippen molar-refractivity contribution in [3.8, 4) is 17.2 Å². The van der Waals surface area contributed by atoms with Crippen molar-refractivity contribution in [3.05, 3.63) is 17.7 Å². The fraction of sp³-hybridized carbons (Fsp3) is 0.667. The molecule has 0 saturated carbocycles. The molecule has 1 aromatic carbocycles. The molecule has 0 spiro atoms. The highest BCUT2D eigenvalue weighted by Gasteiger charge is 2.21. The Kier molecular flexibility index (Phi) is 6.54. The highest BCUT2D eigenvalue weighted by Crippen LogP contribution is 2.40. The normalized spacial score (nSPS) is 19.0. The quantitative estimate of drug-likeness (QED) is 0.770. The summed E-state index contributed by atoms with van der Waals surface area (Å²) in [5.74, 6) is 2.87. The van der Waals surface area contributed by atoms with Crippen LogP contribution in [0.25, 0.3) is 0 Å². The van der Waals surface area contributed by atoms with Crippen molar-refractivity contribution in [1.82, 2.24) is 9.80 Å². The second-order valence-electron chi connectivity index (χ2n) is 6.46. The van der Waals surface area contributed by atoms with Gasteiger partial charge in [-0.15, -0.1) is 0 Å². The van der Waals surface area contributed by atoms with Crippen LogP contribution in [0.4, 0.5) is 0 Å². The van der Waals surface area contributed by atoms with Crippen LogP contribution >= 0.6 is 0 Å². The minimum Gasteiger partial charge on any atom is -0.493 e. The monoisotopic (exact) mass is 322 g/mol. The van der Waals surface area contributed by atoms with Crippen LogP contribution in [0.5, 0.6) is 17.2 Å². The second-order valence-corrected chi connectivity index (χ2v) is 6.46. The zero-order valence-electron chi connectivity index (χ0n) is 15.1. The maximum Gasteiger partial charge on any atom is 0.203 e. The lowest BCUT2D eigenvalue weighted by molar-refractivity contribution is 0.163. The number of methoxy groups -OCH3 is 3. The van der Waals surface area contributed by atoms with E-state index in [-0.39, 0.29) is 0 Å². The third-order valence-electron chi connectivity index (χ3n) is 4.52. The Morgan fingerprint density at radius 3 is 2.48 bits per heavy atom. The predicted molar refractivity (Wildman–Crippen MR) is 92.7 cm³/mol. The van der Waals surface area contributed by atoms with Gasteiger partial charge in [-0.05, 0) is 45.5 Å². The zero-order valence-corrected chi connectivity index (χ0v) is 15.1. The molecule has 1 heterocycles. The number of ether oxygens (including phenoxy) is 3. The Morgan fingerprint density at radius 1 is 1.13 bits per heavy atom. The van der Waals surface area contributed by atoms with E-state index in [1.54, 1.807) is 21.3 Å². The molecule has 0 amide bonds. The molecule has 0 aromatic heterocycles. The fourth-order valence-corrected chi connectivity index (χ4v) is 3.51. The van der Waals surface area contributed by atoms with Crippen molar-refractivity contribution in [2.24, 2.45) is 5.92 Å². The lowest BCUT2D eigenvalue weighted by Crippen LogP contribution is -2.37. The zero-order chi connectivity index (χ0) is 16.8. The van der Waals surface area contributed by atoms with E-state index in [9.17, 15) is 0 Å². The first-order valence-electron chi connectivity index (χ1n) is 8.24. The van der Waals surface area contributed by atoms with E-state index in [1.807, 2.05) is 6.07 Å². The van der Waals surface area contributed by atoms with Gasteiger partial charge in [0, 0.05) is 25.2 Å². The third kappa shape index (κ3) is 4.52. The molecule has 0 radical (unpaired) electrons. The number of hydrogen-bond acceptors (Lipinski definition) is 5. The molecule has 2 rings (SSSR count). The molecule has 1 atom stereocenters. The van der Waals surface area contributed by atoms with E-state index in [0.29, 0.717) is 11.5 Å². The molecular formula is C18H30N2O3. The van der Waals surface area contributed by atoms with Crippen LogP contribution in [0.1, 0.15) is 18.4 Å². The minimum atomic E-state index is 0.665. The van der Waals surface area contributed by atoms with Gasteiger partial charge in [-0.25, -0.2) is 0 Å². The standard InChI is InChI=1S/C18H30N2O3/c1-19-10-6-7-14(11-19)12-20(2)13-15-8-9-16(21-3)18(23-5)17(15)22-4/h8-9,14H,6-7,10-13H2,1-5H3/t14-/m1/s1. The van der Waals surface area contributed by atoms with Crippen molar-refractivity contribution in [2.45, 2.75) is 19.4 Å². The van der Waals surface area contributed by atoms with E-state index in [1.165, 1.54) is 25.9 Å². The molecule has 5 heteroatoms. The Morgan fingerprint density at radius 2 is 1.87 bits per heavy atom. The van der Waals surface area contributed by atoms with Crippen molar-refractivity contribution >= 4 is 0 Å². The van der Waals surface area contributed by atoms with Crippen LogP contribution in [-0.4, -0.2) is 64.9 Å². The molecule has 0 N–H and O–H groups in total. The van der Waals surface area contributed by atoms with Crippen molar-refractivity contribution in [2.75, 3.05) is 55.1 Å². The van der Waals surface area contributed by atoms with Gasteiger partial charge in [-0.1, -0.05) is 6.07 Å². The SMILES string of the molecule is COc1ccc(CN(C)C[C@@H]2CCCN(C)C2)c(OC)c1OC. The Hall–Kier alpha value is -1.46. The van der Waals surface area contributed by atoms with E-state index in [4.69, 9.17) is 14.2 Å². The van der Waals surface area contributed by atoms with E-state index in [2.05, 4.69) is 30.0 Å². The molecule has 1 aliphatic rings. The summed E-state index contributed by atoms with van der Waals surface area (Å²) in [6, 6.07) is 4.00. The summed E-state index contributed by atoms with van der Waals surface area (Å²) in [5, 5.41) is 0. The lowest BCUT2D eigenvalue weighted by atomic mass is 9.98. The Labute approximate surface area is 140 Å². The van der Waals surface area contributed by atoms with Crippen LogP contribution in [0.15, 0.2) is 12.1 Å². The van der Waals surface area contributed by atoms with Crippen LogP contribution in [-0.2, 0) is 6.54 Å². The van der Waals surface area contributed by atoms with Gasteiger partial charge >= 0.3 is 0 Å². The Balaban J connectivity index is 2.06. The van der Waals surface area contributed by atoms with Gasteiger partial charge in [0.1, 0.15) is 0 Å². The van der Waals surface area contributed by atoms with Gasteiger partial charge in [0.25, 0.3) is 0 Å². The summed E-state index contributed by atoms with van der Waals surface area (Å²) >= 11 is 0. The molecule has 1 fully saturated rings. The average molecular weight is 322 g/mol. The second kappa shape index (κ2) is 8.41. The van der Waals surface area contributed by atoms with Crippen LogP contribution < -0.4 is 14.2 Å². The highest BCUT2D eigenvalue weighted by atomic mass is 16.5. The van der Waals surface area contributed by atoms with Gasteiger partial charge in [0.05, 0.1) is 21.3 Å². The third-order valence-corrected chi connectivity index (χ3v) is 4.52. The smallest absolute Gasteiger partial charge is 0.203 e. The molecule has 0 bridgehead atoms. The summed E-state index contributed by atoms with van der Waals surface area (Å²) < 4.78 is 16.4. The van der Waals surface area contributed by atoms with Crippen molar-refractivity contribution in [1.29, 1.82) is 0 Å². The fourth-order valence-electron chi connectivity index (χ4n) is 3.51. The first-order valence-corrected chi connectivity index (χ1v) is 8.24. The summed E-state index contributed by atoms with van der Waals surface area (Å²) in [6.07, 6.45) is 2.62. The van der Waals surface area contributed by atoms with Crippen LogP contribution in [0.3, 0.4) is 0 Å². The summed E-state index contributed by atoms with van der Waals surface area (Å²) in [4.78, 5) is 4.80. The molecule has 130 valence electrons. The molecule has 1 aliphatic heterocycles. The van der Waals surface area contributed by atoms with E-state index < -0.39 is 0 Å². The van der Waals surface area contributed by atoms with Gasteiger partial charge in [-0.3, -0.25) is 0 Å². The number of piperidine rings is 1. The minimum absolute atomic E-state index is 0.665. The molecular weight excluding hydrogens is 292 g/mol. The summed E-state index contributed by atoms with van der Waals surface area (Å²) in [7, 11) is 9.35. The molecule has 5 nitrogen and oxygen atoms in total. The maximum atomic E-state index is 5.58. The lowest BCUT2D eigenvalue weighted by Gasteiger charge is -2.32. The molecule has 0 unspecified atom stereocenters. The van der Waals surface area contributed by atoms with Crippen molar-refractivity contribution in [3.63, 3.8) is 0 Å². The highest BCUT2D eigenvalue weighted by molar-refractivity contribution is 5.55. The summed E-state index contributed by atoms with van der Waals surface area (Å²) in [5.41, 5.74) is 1.12. The largest absolute Gasteiger partial charge is 0.493 e. The molecule has 23 heavy (non-hydrogen) atoms. The van der Waals surface area contributed by atoms with E-state index in [0.717, 1.165) is 30.3 Å². The summed E-state index contributed by atoms with van der Waals surface area (Å²) in [6.45, 7) is 4.35. The number of rotatable bonds is 7. The average Bonchev–Trinajstić information content (AvgIpc) is 2.54. The number of hydrogen-bond donors (Lipinski definition) is 0. The molecule has 0 aliphatic carbocycles. The van der Waals surface area contributed by atoms with Crippen LogP contribution in [0, 0.1) is 5.92 Å². The van der Waals surface area contributed by atoms with Gasteiger partial charge in [-0.2, -0.15) is 0 Å². The Bertz CT molecular complexity index is 507. The first-order chi connectivity index (χ1) is 11.1. The number of benzene rings is 1. The van der Waals surface area contributed by atoms with Crippen LogP contribution in [0.2, 0.25) is 0 Å². The van der Waals surface area contributed by atoms with Gasteiger partial charge in [0.15, 0.2) is 11.5 Å². The van der Waals surface area contributed by atoms with Crippen molar-refractivity contribution < 1.29 is 14.2 Å². The topological polar surface area (TPSA) is 34.2 Å². The maximum absolute atomic E-state index is 5.58. The number of likely N-dealkylation sites (tertiary alicyclic amines) is 1. The first kappa shape index (κ1) is 17.9. The predicted octanol–water partition coefficient (Wildman–Crippen LogP) is 2.49. The number of nitrogens with zero attached hydrogens (tertiary/aromatic N) is 2. The van der Waals surface area contributed by atoms with Gasteiger partial charge < -0.3 is 24.0 Å².